The van der Waals surface area contributed by atoms with Gasteiger partial charge in [-0.1, -0.05) is 46.8 Å². The standard InChI is InChI=1S/C45H71NO13/c1-11-32-19-25(2)18-26(3)20-38(55-9)41-39(56-10)22-28(5)45(53,59-41)42(50)43(51)46-17-13-12-14-33(46)44(52)58-40(29(6)36(24-35(32)49)57-30(7)47)27(4)21-31-15-16-34(48)37(23-31)54-8/h19,21,25-26,28-29,31,33-34,36-41,48,53H,11-18,20,22-24H2,1-10H3/b27-21?,32-19+/t25?,26-,28+,29-,31?,33-,34+,36-,37+,38-,39-,40+,41+,45+/m0/s1. The number of ether oxygens (including phenoxy) is 6. The summed E-state index contributed by atoms with van der Waals surface area (Å²) < 4.78 is 35.8. The number of rotatable bonds is 7. The molecule has 14 atom stereocenters. The quantitative estimate of drug-likeness (QED) is 0.198. The maximum Gasteiger partial charge on any atom is 0.329 e. The molecule has 0 aromatic rings. The van der Waals surface area contributed by atoms with Gasteiger partial charge < -0.3 is 43.5 Å². The fraction of sp³-hybridized carbons (Fsp3) is 0.800. The third-order valence-corrected chi connectivity index (χ3v) is 13.2. The number of nitrogens with zero attached hydrogens (tertiary/aromatic N) is 1. The number of carbonyl (C=O) groups is 5. The van der Waals surface area contributed by atoms with E-state index in [1.807, 2.05) is 32.9 Å². The molecule has 1 saturated carbocycles. The number of methoxy groups -OCH3 is 3. The SMILES string of the molecule is CC/C1=C\C(C)C[C@H](C)C[C@H](OC)[C@H]2O[C@@](O)(C(=O)C(=O)N3CCCC[C@H]3C(=O)O[C@H](C(C)=CC3CC[C@@H](O)[C@H](OC)C3)[C@@H](C)[C@@H](OC(C)=O)CC1=O)[C@H](C)C[C@@H]2OC. The van der Waals surface area contributed by atoms with Crippen LogP contribution >= 0.6 is 0 Å². The van der Waals surface area contributed by atoms with E-state index < -0.39 is 83.9 Å². The fourth-order valence-electron chi connectivity index (χ4n) is 9.77. The number of fused-ring (bicyclic) bond motifs is 3. The van der Waals surface area contributed by atoms with Crippen molar-refractivity contribution in [1.29, 1.82) is 0 Å². The van der Waals surface area contributed by atoms with Gasteiger partial charge >= 0.3 is 11.9 Å². The van der Waals surface area contributed by atoms with Crippen molar-refractivity contribution in [2.45, 2.75) is 174 Å². The second kappa shape index (κ2) is 21.7. The molecule has 4 aliphatic rings. The van der Waals surface area contributed by atoms with Gasteiger partial charge in [-0.3, -0.25) is 19.2 Å². The van der Waals surface area contributed by atoms with Crippen molar-refractivity contribution in [2.24, 2.45) is 29.6 Å². The number of aliphatic hydroxyl groups excluding tert-OH is 1. The summed E-state index contributed by atoms with van der Waals surface area (Å²) in [5, 5.41) is 22.6. The van der Waals surface area contributed by atoms with Crippen LogP contribution in [0.2, 0.25) is 0 Å². The number of hydrogen-bond acceptors (Lipinski definition) is 13. The second-order valence-electron chi connectivity index (χ2n) is 17.7. The predicted octanol–water partition coefficient (Wildman–Crippen LogP) is 5.04. The van der Waals surface area contributed by atoms with Crippen molar-refractivity contribution < 1.29 is 62.6 Å². The van der Waals surface area contributed by atoms with E-state index in [0.717, 1.165) is 0 Å². The molecule has 4 rings (SSSR count). The lowest BCUT2D eigenvalue weighted by atomic mass is 9.81. The number of piperidine rings is 1. The minimum Gasteiger partial charge on any atom is -0.462 e. The summed E-state index contributed by atoms with van der Waals surface area (Å²) in [5.41, 5.74) is 1.24. The highest BCUT2D eigenvalue weighted by molar-refractivity contribution is 6.39. The number of carbonyl (C=O) groups excluding carboxylic acids is 5. The van der Waals surface area contributed by atoms with Gasteiger partial charge in [-0.15, -0.1) is 0 Å². The van der Waals surface area contributed by atoms with Crippen LogP contribution in [0.1, 0.15) is 119 Å². The molecule has 0 spiro atoms. The summed E-state index contributed by atoms with van der Waals surface area (Å²) in [4.78, 5) is 71.0. The molecule has 0 aromatic heterocycles. The van der Waals surface area contributed by atoms with E-state index in [2.05, 4.69) is 6.92 Å². The number of cyclic esters (lactones) is 1. The summed E-state index contributed by atoms with van der Waals surface area (Å²) in [6, 6.07) is -1.16. The third-order valence-electron chi connectivity index (χ3n) is 13.2. The van der Waals surface area contributed by atoms with Gasteiger partial charge in [0.25, 0.3) is 11.7 Å². The van der Waals surface area contributed by atoms with E-state index in [1.54, 1.807) is 21.0 Å². The number of allylic oxidation sites excluding steroid dienone is 3. The highest BCUT2D eigenvalue weighted by atomic mass is 16.7. The van der Waals surface area contributed by atoms with Crippen LogP contribution in [0.25, 0.3) is 0 Å². The van der Waals surface area contributed by atoms with Crippen molar-refractivity contribution in [1.82, 2.24) is 4.90 Å². The van der Waals surface area contributed by atoms with Gasteiger partial charge in [0.05, 0.1) is 24.4 Å². The zero-order valence-electron chi connectivity index (χ0n) is 37.0. The zero-order chi connectivity index (χ0) is 43.8. The van der Waals surface area contributed by atoms with Crippen LogP contribution in [-0.2, 0) is 52.4 Å². The monoisotopic (exact) mass is 833 g/mol. The molecule has 1 amide bonds. The van der Waals surface area contributed by atoms with Crippen molar-refractivity contribution >= 4 is 29.4 Å². The zero-order valence-corrected chi connectivity index (χ0v) is 37.0. The molecule has 14 nitrogen and oxygen atoms in total. The van der Waals surface area contributed by atoms with E-state index in [0.29, 0.717) is 62.5 Å². The summed E-state index contributed by atoms with van der Waals surface area (Å²) in [6.07, 6.45) is 3.57. The van der Waals surface area contributed by atoms with Crippen LogP contribution in [0.4, 0.5) is 0 Å². The Morgan fingerprint density at radius 1 is 0.898 bits per heavy atom. The van der Waals surface area contributed by atoms with Crippen LogP contribution in [0.3, 0.4) is 0 Å². The summed E-state index contributed by atoms with van der Waals surface area (Å²) in [5.74, 6) is -7.88. The largest absolute Gasteiger partial charge is 0.462 e. The van der Waals surface area contributed by atoms with Crippen molar-refractivity contribution in [3.63, 3.8) is 0 Å². The van der Waals surface area contributed by atoms with Crippen LogP contribution in [0.5, 0.6) is 0 Å². The van der Waals surface area contributed by atoms with E-state index >= 15 is 0 Å². The molecule has 3 heterocycles. The van der Waals surface area contributed by atoms with E-state index in [-0.39, 0.29) is 55.4 Å². The smallest absolute Gasteiger partial charge is 0.329 e. The Bertz CT molecular complexity index is 1540. The molecule has 334 valence electrons. The molecule has 2 bridgehead atoms. The molecule has 1 aliphatic carbocycles. The van der Waals surface area contributed by atoms with Gasteiger partial charge in [-0.05, 0) is 100 Å². The van der Waals surface area contributed by atoms with Gasteiger partial charge in [0.15, 0.2) is 5.78 Å². The molecule has 0 radical (unpaired) electrons. The highest BCUT2D eigenvalue weighted by Gasteiger charge is 2.56. The molecule has 2 unspecified atom stereocenters. The first-order chi connectivity index (χ1) is 27.9. The molecule has 2 saturated heterocycles. The second-order valence-corrected chi connectivity index (χ2v) is 17.7. The molecule has 59 heavy (non-hydrogen) atoms. The van der Waals surface area contributed by atoms with E-state index in [1.165, 1.54) is 26.0 Å². The lowest BCUT2D eigenvalue weighted by Gasteiger charge is -2.47. The van der Waals surface area contributed by atoms with Gasteiger partial charge in [0, 0.05) is 53.1 Å². The maximum atomic E-state index is 14.5. The Labute approximate surface area is 350 Å². The van der Waals surface area contributed by atoms with Crippen LogP contribution in [0, 0.1) is 29.6 Å². The lowest BCUT2D eigenvalue weighted by molar-refractivity contribution is -0.302. The number of Topliss-reactive ketones (excluding diaryl/α,β-unsaturated/α-hetero) is 2. The van der Waals surface area contributed by atoms with Crippen LogP contribution in [-0.4, -0.2) is 127 Å². The molecule has 14 heteroatoms. The summed E-state index contributed by atoms with van der Waals surface area (Å²) >= 11 is 0. The first kappa shape index (κ1) is 48.7. The van der Waals surface area contributed by atoms with E-state index in [4.69, 9.17) is 28.4 Å². The minimum atomic E-state index is -2.52. The Kier molecular flexibility index (Phi) is 17.9. The summed E-state index contributed by atoms with van der Waals surface area (Å²) in [6.45, 7) is 12.6. The Hall–Kier alpha value is -3.01. The topological polar surface area (TPSA) is 184 Å². The molecule has 2 N–H and O–H groups in total. The first-order valence-corrected chi connectivity index (χ1v) is 21.7. The molecule has 3 fully saturated rings. The van der Waals surface area contributed by atoms with Gasteiger partial charge in [0.1, 0.15) is 24.4 Å². The van der Waals surface area contributed by atoms with Gasteiger partial charge in [-0.25, -0.2) is 4.79 Å². The molecular weight excluding hydrogens is 762 g/mol. The van der Waals surface area contributed by atoms with Gasteiger partial charge in [-0.2, -0.15) is 0 Å². The molecular formula is C45H71NO13. The summed E-state index contributed by atoms with van der Waals surface area (Å²) in [7, 11) is 4.61. The Morgan fingerprint density at radius 3 is 2.19 bits per heavy atom. The number of esters is 2. The van der Waals surface area contributed by atoms with Crippen molar-refractivity contribution in [2.75, 3.05) is 27.9 Å². The maximum absolute atomic E-state index is 14.5. The first-order valence-electron chi connectivity index (χ1n) is 21.7. The number of aliphatic hydroxyl groups is 2. The lowest BCUT2D eigenvalue weighted by Crippen LogP contribution is -2.64. The predicted molar refractivity (Wildman–Crippen MR) is 218 cm³/mol. The normalized spacial score (nSPS) is 39.9. The number of hydrogen-bond donors (Lipinski definition) is 2. The molecule has 0 aromatic carbocycles. The third kappa shape index (κ3) is 11.9. The number of amides is 1. The average Bonchev–Trinajstić information content (AvgIpc) is 3.20. The fourth-order valence-corrected chi connectivity index (χ4v) is 9.77. The van der Waals surface area contributed by atoms with Crippen molar-refractivity contribution in [3.05, 3.63) is 23.3 Å². The Morgan fingerprint density at radius 2 is 1.56 bits per heavy atom. The molecule has 3 aliphatic heterocycles. The van der Waals surface area contributed by atoms with Gasteiger partial charge in [0.2, 0.25) is 5.79 Å². The van der Waals surface area contributed by atoms with Crippen LogP contribution < -0.4 is 0 Å². The van der Waals surface area contributed by atoms with Crippen molar-refractivity contribution in [3.8, 4) is 0 Å². The highest BCUT2D eigenvalue weighted by Crippen LogP contribution is 2.39. The Balaban J connectivity index is 1.82. The average molecular weight is 834 g/mol. The van der Waals surface area contributed by atoms with Crippen LogP contribution in [0.15, 0.2) is 23.3 Å². The van der Waals surface area contributed by atoms with E-state index in [9.17, 15) is 34.2 Å². The number of ketones is 2. The minimum absolute atomic E-state index is 0.0328.